The fourth-order valence-electron chi connectivity index (χ4n) is 1.98. The molecule has 0 atom stereocenters. The number of rotatable bonds is 10. The van der Waals surface area contributed by atoms with Gasteiger partial charge in [-0.25, -0.2) is 0 Å². The van der Waals surface area contributed by atoms with Crippen molar-refractivity contribution in [3.8, 4) is 5.75 Å². The second-order valence-electron chi connectivity index (χ2n) is 6.94. The number of hydrogen-bond donors (Lipinski definition) is 1. The lowest BCUT2D eigenvalue weighted by Crippen LogP contribution is -2.13. The summed E-state index contributed by atoms with van der Waals surface area (Å²) >= 11 is 0. The summed E-state index contributed by atoms with van der Waals surface area (Å²) in [7, 11) is 3.15. The Morgan fingerprint density at radius 2 is 2.04 bits per heavy atom. The van der Waals surface area contributed by atoms with Gasteiger partial charge >= 0.3 is 0 Å². The maximum atomic E-state index is 12.1. The van der Waals surface area contributed by atoms with Crippen molar-refractivity contribution in [3.63, 3.8) is 0 Å². The number of nitrogens with one attached hydrogen (secondary N) is 1. The van der Waals surface area contributed by atoms with Crippen LogP contribution in [0.2, 0.25) is 0 Å². The van der Waals surface area contributed by atoms with Crippen LogP contribution >= 0.6 is 0 Å². The molecule has 0 radical (unpaired) electrons. The zero-order valence-electron chi connectivity index (χ0n) is 15.9. The summed E-state index contributed by atoms with van der Waals surface area (Å²) in [5, 5.41) is 2.86. The molecule has 0 heterocycles. The van der Waals surface area contributed by atoms with E-state index in [9.17, 15) is 4.79 Å². The van der Waals surface area contributed by atoms with Crippen LogP contribution < -0.4 is 10.1 Å². The smallest absolute Gasteiger partial charge is 0.226 e. The van der Waals surface area contributed by atoms with Crippen molar-refractivity contribution in [2.24, 2.45) is 10.4 Å². The second-order valence-corrected chi connectivity index (χ2v) is 6.94. The van der Waals surface area contributed by atoms with Crippen molar-refractivity contribution in [3.05, 3.63) is 23.8 Å². The lowest BCUT2D eigenvalue weighted by Gasteiger charge is -2.14. The van der Waals surface area contributed by atoms with Gasteiger partial charge in [0.1, 0.15) is 12.5 Å². The lowest BCUT2D eigenvalue weighted by molar-refractivity contribution is -0.116. The molecule has 1 aromatic rings. The molecule has 6 nitrogen and oxygen atoms in total. The Kier molecular flexibility index (Phi) is 9.16. The molecule has 1 amide bonds. The van der Waals surface area contributed by atoms with Crippen molar-refractivity contribution in [1.29, 1.82) is 0 Å². The maximum Gasteiger partial charge on any atom is 0.226 e. The number of anilines is 1. The SMILES string of the molecule is COCOCc1ccc(NC(=O)CCN=CCC(C)(C)C)c(OC)c1. The fourth-order valence-corrected chi connectivity index (χ4v) is 1.98. The highest BCUT2D eigenvalue weighted by atomic mass is 16.7. The molecule has 0 fully saturated rings. The van der Waals surface area contributed by atoms with Crippen LogP contribution in [0.25, 0.3) is 0 Å². The summed E-state index contributed by atoms with van der Waals surface area (Å²) in [6.45, 7) is 7.59. The predicted molar refractivity (Wildman–Crippen MR) is 100 cm³/mol. The van der Waals surface area contributed by atoms with Gasteiger partial charge in [-0.1, -0.05) is 26.8 Å². The van der Waals surface area contributed by atoms with Crippen LogP contribution in [0.3, 0.4) is 0 Å². The number of carbonyl (C=O) groups excluding carboxylic acids is 1. The Morgan fingerprint density at radius 1 is 1.28 bits per heavy atom. The highest BCUT2D eigenvalue weighted by molar-refractivity contribution is 5.92. The van der Waals surface area contributed by atoms with Gasteiger partial charge in [0, 0.05) is 20.1 Å². The maximum absolute atomic E-state index is 12.1. The molecule has 0 saturated heterocycles. The predicted octanol–water partition coefficient (Wildman–Crippen LogP) is 3.65. The Balaban J connectivity index is 2.50. The number of benzene rings is 1. The highest BCUT2D eigenvalue weighted by Crippen LogP contribution is 2.26. The molecule has 1 aromatic carbocycles. The van der Waals surface area contributed by atoms with Crippen LogP contribution in [0.1, 0.15) is 39.2 Å². The molecular formula is C19H30N2O4. The normalized spacial score (nSPS) is 11.7. The third-order valence-corrected chi connectivity index (χ3v) is 3.31. The minimum absolute atomic E-state index is 0.0883. The van der Waals surface area contributed by atoms with E-state index in [0.717, 1.165) is 12.0 Å². The van der Waals surface area contributed by atoms with Crippen LogP contribution in [0.15, 0.2) is 23.2 Å². The van der Waals surface area contributed by atoms with Crippen molar-refractivity contribution in [2.45, 2.75) is 40.2 Å². The Morgan fingerprint density at radius 3 is 2.68 bits per heavy atom. The van der Waals surface area contributed by atoms with E-state index < -0.39 is 0 Å². The van der Waals surface area contributed by atoms with E-state index in [4.69, 9.17) is 14.2 Å². The zero-order chi connectivity index (χ0) is 18.7. The van der Waals surface area contributed by atoms with Crippen molar-refractivity contribution >= 4 is 17.8 Å². The van der Waals surface area contributed by atoms with Crippen molar-refractivity contribution in [2.75, 3.05) is 32.9 Å². The molecule has 0 bridgehead atoms. The number of methoxy groups -OCH3 is 2. The molecule has 6 heteroatoms. The number of ether oxygens (including phenoxy) is 3. The molecule has 140 valence electrons. The second kappa shape index (κ2) is 10.8. The molecule has 1 rings (SSSR count). The van der Waals surface area contributed by atoms with E-state index in [0.29, 0.717) is 31.0 Å². The molecule has 0 aliphatic heterocycles. The number of carbonyl (C=O) groups is 1. The van der Waals surface area contributed by atoms with Crippen LogP contribution in [0.4, 0.5) is 5.69 Å². The lowest BCUT2D eigenvalue weighted by atomic mass is 9.93. The average molecular weight is 350 g/mol. The first-order valence-electron chi connectivity index (χ1n) is 8.37. The first-order valence-corrected chi connectivity index (χ1v) is 8.37. The van der Waals surface area contributed by atoms with E-state index in [-0.39, 0.29) is 18.1 Å². The quantitative estimate of drug-likeness (QED) is 0.397. The highest BCUT2D eigenvalue weighted by Gasteiger charge is 2.09. The third-order valence-electron chi connectivity index (χ3n) is 3.31. The topological polar surface area (TPSA) is 69.2 Å². The molecular weight excluding hydrogens is 320 g/mol. The molecule has 0 aliphatic rings. The van der Waals surface area contributed by atoms with E-state index in [2.05, 4.69) is 31.1 Å². The van der Waals surface area contributed by atoms with Gasteiger partial charge in [-0.2, -0.15) is 0 Å². The van der Waals surface area contributed by atoms with E-state index >= 15 is 0 Å². The van der Waals surface area contributed by atoms with Crippen LogP contribution in [0, 0.1) is 5.41 Å². The van der Waals surface area contributed by atoms with Crippen LogP contribution in [-0.4, -0.2) is 39.7 Å². The molecule has 0 aromatic heterocycles. The number of nitrogens with zero attached hydrogens (tertiary/aromatic N) is 1. The van der Waals surface area contributed by atoms with E-state index in [1.54, 1.807) is 14.2 Å². The Bertz CT molecular complexity index is 565. The summed E-state index contributed by atoms with van der Waals surface area (Å²) in [5.41, 5.74) is 1.80. The van der Waals surface area contributed by atoms with Gasteiger partial charge < -0.3 is 19.5 Å². The van der Waals surface area contributed by atoms with Gasteiger partial charge in [0.25, 0.3) is 0 Å². The molecule has 1 N–H and O–H groups in total. The summed E-state index contributed by atoms with van der Waals surface area (Å²) in [6, 6.07) is 5.53. The zero-order valence-corrected chi connectivity index (χ0v) is 15.9. The van der Waals surface area contributed by atoms with Gasteiger partial charge in [-0.15, -0.1) is 0 Å². The first-order chi connectivity index (χ1) is 11.9. The molecule has 0 saturated carbocycles. The Labute approximate surface area is 150 Å². The van der Waals surface area contributed by atoms with Gasteiger partial charge in [0.2, 0.25) is 5.91 Å². The first kappa shape index (κ1) is 21.1. The number of amides is 1. The Hall–Kier alpha value is -1.92. The molecule has 0 spiro atoms. The van der Waals surface area contributed by atoms with Gasteiger partial charge in [-0.3, -0.25) is 9.79 Å². The summed E-state index contributed by atoms with van der Waals surface area (Å²) in [6.07, 6.45) is 3.13. The molecule has 25 heavy (non-hydrogen) atoms. The van der Waals surface area contributed by atoms with Crippen LogP contribution in [0.5, 0.6) is 5.75 Å². The summed E-state index contributed by atoms with van der Waals surface area (Å²) in [4.78, 5) is 16.3. The molecule has 0 aliphatic carbocycles. The largest absolute Gasteiger partial charge is 0.495 e. The molecule has 0 unspecified atom stereocenters. The third kappa shape index (κ3) is 9.22. The standard InChI is InChI=1S/C19H30N2O4/c1-19(2,3)9-11-20-10-8-18(22)21-16-7-6-15(12-17(16)24-5)13-25-14-23-4/h6-7,11-12H,8-10,13-14H2,1-5H3,(H,21,22). The fraction of sp³-hybridized carbons (Fsp3) is 0.579. The van der Waals surface area contributed by atoms with Crippen molar-refractivity contribution < 1.29 is 19.0 Å². The summed E-state index contributed by atoms with van der Waals surface area (Å²) < 4.78 is 15.5. The minimum Gasteiger partial charge on any atom is -0.495 e. The number of aliphatic imine (C=N–C) groups is 1. The summed E-state index contributed by atoms with van der Waals surface area (Å²) in [5.74, 6) is 0.512. The van der Waals surface area contributed by atoms with Gasteiger partial charge in [-0.05, 0) is 35.7 Å². The average Bonchev–Trinajstić information content (AvgIpc) is 2.55. The van der Waals surface area contributed by atoms with E-state index in [1.807, 2.05) is 24.4 Å². The number of hydrogen-bond acceptors (Lipinski definition) is 5. The minimum atomic E-state index is -0.0883. The van der Waals surface area contributed by atoms with Gasteiger partial charge in [0.15, 0.2) is 0 Å². The van der Waals surface area contributed by atoms with Crippen LogP contribution in [-0.2, 0) is 20.9 Å². The van der Waals surface area contributed by atoms with E-state index in [1.165, 1.54) is 0 Å². The van der Waals surface area contributed by atoms with Crippen molar-refractivity contribution in [1.82, 2.24) is 0 Å². The van der Waals surface area contributed by atoms with Gasteiger partial charge in [0.05, 0.1) is 19.4 Å². The monoisotopic (exact) mass is 350 g/mol.